The fourth-order valence-electron chi connectivity index (χ4n) is 2.73. The minimum absolute atomic E-state index is 0.0220. The molecule has 22 heavy (non-hydrogen) atoms. The second-order valence-corrected chi connectivity index (χ2v) is 6.37. The summed E-state index contributed by atoms with van der Waals surface area (Å²) in [6, 6.07) is 12.3. The first kappa shape index (κ1) is 14.9. The molecule has 0 amide bonds. The summed E-state index contributed by atoms with van der Waals surface area (Å²) in [7, 11) is 0. The number of fused-ring (bicyclic) bond motifs is 1. The van der Waals surface area contributed by atoms with Gasteiger partial charge in [-0.3, -0.25) is 9.36 Å². The molecule has 0 saturated heterocycles. The molecule has 1 aromatic heterocycles. The first-order valence-electron chi connectivity index (χ1n) is 7.46. The van der Waals surface area contributed by atoms with E-state index < -0.39 is 0 Å². The Morgan fingerprint density at radius 2 is 2.09 bits per heavy atom. The highest BCUT2D eigenvalue weighted by Gasteiger charge is 2.20. The highest BCUT2D eigenvalue weighted by atomic mass is 32.2. The zero-order valence-corrected chi connectivity index (χ0v) is 13.1. The van der Waals surface area contributed by atoms with Crippen LogP contribution in [-0.2, 0) is 25.8 Å². The summed E-state index contributed by atoms with van der Waals surface area (Å²) in [5, 5.41) is 9.66. The quantitative estimate of drug-likeness (QED) is 0.629. The van der Waals surface area contributed by atoms with Gasteiger partial charge in [0.1, 0.15) is 6.54 Å². The van der Waals surface area contributed by atoms with Crippen molar-refractivity contribution in [2.24, 2.45) is 0 Å². The Morgan fingerprint density at radius 3 is 2.86 bits per heavy atom. The van der Waals surface area contributed by atoms with Crippen LogP contribution in [0.1, 0.15) is 23.2 Å². The van der Waals surface area contributed by atoms with E-state index in [0.717, 1.165) is 42.7 Å². The lowest BCUT2D eigenvalue weighted by Crippen LogP contribution is -2.26. The molecule has 0 fully saturated rings. The third-order valence-electron chi connectivity index (χ3n) is 3.85. The molecule has 112 valence electrons. The number of nitrogens with zero attached hydrogens (tertiary/aromatic N) is 3. The second kappa shape index (κ2) is 6.80. The Kier molecular flexibility index (Phi) is 4.59. The van der Waals surface area contributed by atoms with Gasteiger partial charge in [0.05, 0.1) is 11.8 Å². The van der Waals surface area contributed by atoms with Crippen LogP contribution in [0.3, 0.4) is 0 Å². The van der Waals surface area contributed by atoms with Gasteiger partial charge in [0, 0.05) is 11.3 Å². The number of rotatable bonds is 5. The SMILES string of the molecule is N#CCn1c(SCCc2ccccc2)nc2c(c1=O)CCC2. The Hall–Kier alpha value is -2.06. The van der Waals surface area contributed by atoms with Crippen molar-refractivity contribution in [1.82, 2.24) is 9.55 Å². The van der Waals surface area contributed by atoms with Crippen molar-refractivity contribution in [3.63, 3.8) is 0 Å². The molecule has 0 spiro atoms. The van der Waals surface area contributed by atoms with Crippen molar-refractivity contribution in [3.05, 3.63) is 57.5 Å². The number of hydrogen-bond donors (Lipinski definition) is 0. The van der Waals surface area contributed by atoms with Crippen molar-refractivity contribution in [3.8, 4) is 6.07 Å². The molecule has 1 aliphatic rings. The van der Waals surface area contributed by atoms with Crippen LogP contribution < -0.4 is 5.56 Å². The molecule has 0 saturated carbocycles. The molecule has 0 bridgehead atoms. The van der Waals surface area contributed by atoms with Crippen LogP contribution in [0.4, 0.5) is 0 Å². The van der Waals surface area contributed by atoms with Gasteiger partial charge in [-0.25, -0.2) is 4.98 Å². The normalized spacial score (nSPS) is 12.9. The fraction of sp³-hybridized carbons (Fsp3) is 0.353. The molecule has 1 aromatic carbocycles. The van der Waals surface area contributed by atoms with Gasteiger partial charge in [-0.2, -0.15) is 5.26 Å². The van der Waals surface area contributed by atoms with Crippen LogP contribution in [0.5, 0.6) is 0 Å². The van der Waals surface area contributed by atoms with Crippen molar-refractivity contribution in [2.75, 3.05) is 5.75 Å². The van der Waals surface area contributed by atoms with E-state index in [1.807, 2.05) is 18.2 Å². The molecule has 5 heteroatoms. The number of aromatic nitrogens is 2. The van der Waals surface area contributed by atoms with E-state index in [0.29, 0.717) is 5.16 Å². The largest absolute Gasteiger partial charge is 0.273 e. The lowest BCUT2D eigenvalue weighted by atomic mass is 10.2. The molecule has 3 rings (SSSR count). The van der Waals surface area contributed by atoms with Gasteiger partial charge < -0.3 is 0 Å². The van der Waals surface area contributed by atoms with Gasteiger partial charge in [0.25, 0.3) is 5.56 Å². The molecular weight excluding hydrogens is 294 g/mol. The smallest absolute Gasteiger partial charge is 0.258 e. The van der Waals surface area contributed by atoms with Crippen molar-refractivity contribution in [2.45, 2.75) is 37.4 Å². The Labute approximate surface area is 133 Å². The topological polar surface area (TPSA) is 58.7 Å². The molecule has 0 unspecified atom stereocenters. The molecule has 1 aliphatic carbocycles. The Balaban J connectivity index is 1.79. The highest BCUT2D eigenvalue weighted by molar-refractivity contribution is 7.99. The molecule has 1 heterocycles. The average Bonchev–Trinajstić information content (AvgIpc) is 3.01. The summed E-state index contributed by atoms with van der Waals surface area (Å²) >= 11 is 1.56. The highest BCUT2D eigenvalue weighted by Crippen LogP contribution is 2.22. The fourth-order valence-corrected chi connectivity index (χ4v) is 3.73. The minimum Gasteiger partial charge on any atom is -0.273 e. The molecular formula is C17H17N3OS. The van der Waals surface area contributed by atoms with Crippen LogP contribution in [-0.4, -0.2) is 15.3 Å². The van der Waals surface area contributed by atoms with E-state index in [-0.39, 0.29) is 12.1 Å². The van der Waals surface area contributed by atoms with Gasteiger partial charge in [0.15, 0.2) is 5.16 Å². The van der Waals surface area contributed by atoms with Crippen molar-refractivity contribution in [1.29, 1.82) is 5.26 Å². The van der Waals surface area contributed by atoms with Crippen LogP contribution in [0.2, 0.25) is 0 Å². The minimum atomic E-state index is -0.0220. The number of benzene rings is 1. The van der Waals surface area contributed by atoms with Crippen LogP contribution in [0.25, 0.3) is 0 Å². The molecule has 0 radical (unpaired) electrons. The lowest BCUT2D eigenvalue weighted by molar-refractivity contribution is 0.648. The predicted molar refractivity (Wildman–Crippen MR) is 87.0 cm³/mol. The predicted octanol–water partition coefficient (Wildman–Crippen LogP) is 2.59. The van der Waals surface area contributed by atoms with E-state index in [4.69, 9.17) is 5.26 Å². The summed E-state index contributed by atoms with van der Waals surface area (Å²) in [6.45, 7) is 0.0762. The van der Waals surface area contributed by atoms with Crippen molar-refractivity contribution < 1.29 is 0 Å². The molecule has 0 aliphatic heterocycles. The molecule has 0 N–H and O–H groups in total. The van der Waals surface area contributed by atoms with E-state index >= 15 is 0 Å². The zero-order valence-electron chi connectivity index (χ0n) is 12.3. The van der Waals surface area contributed by atoms with Crippen molar-refractivity contribution >= 4 is 11.8 Å². The van der Waals surface area contributed by atoms with Gasteiger partial charge >= 0.3 is 0 Å². The second-order valence-electron chi connectivity index (χ2n) is 5.31. The van der Waals surface area contributed by atoms with Gasteiger partial charge in [-0.1, -0.05) is 42.1 Å². The monoisotopic (exact) mass is 311 g/mol. The van der Waals surface area contributed by atoms with Crippen LogP contribution in [0, 0.1) is 11.3 Å². The number of hydrogen-bond acceptors (Lipinski definition) is 4. The summed E-state index contributed by atoms with van der Waals surface area (Å²) in [5.74, 6) is 0.848. The average molecular weight is 311 g/mol. The summed E-state index contributed by atoms with van der Waals surface area (Å²) in [5.41, 5.74) is 2.99. The maximum absolute atomic E-state index is 12.5. The number of thioether (sulfide) groups is 1. The molecule has 0 atom stereocenters. The van der Waals surface area contributed by atoms with Gasteiger partial charge in [-0.05, 0) is 31.2 Å². The first-order valence-corrected chi connectivity index (χ1v) is 8.44. The maximum atomic E-state index is 12.5. The van der Waals surface area contributed by atoms with E-state index in [1.165, 1.54) is 10.1 Å². The number of aryl methyl sites for hydroxylation is 2. The maximum Gasteiger partial charge on any atom is 0.258 e. The Bertz CT molecular complexity index is 762. The third-order valence-corrected chi connectivity index (χ3v) is 4.83. The molecule has 2 aromatic rings. The van der Waals surface area contributed by atoms with E-state index in [9.17, 15) is 4.79 Å². The first-order chi connectivity index (χ1) is 10.8. The van der Waals surface area contributed by atoms with E-state index in [1.54, 1.807) is 11.8 Å². The van der Waals surface area contributed by atoms with Gasteiger partial charge in [-0.15, -0.1) is 0 Å². The lowest BCUT2D eigenvalue weighted by Gasteiger charge is -2.11. The third kappa shape index (κ3) is 3.07. The summed E-state index contributed by atoms with van der Waals surface area (Å²) in [4.78, 5) is 17.1. The summed E-state index contributed by atoms with van der Waals surface area (Å²) < 4.78 is 1.53. The van der Waals surface area contributed by atoms with Gasteiger partial charge in [0.2, 0.25) is 0 Å². The van der Waals surface area contributed by atoms with Crippen LogP contribution >= 0.6 is 11.8 Å². The zero-order chi connectivity index (χ0) is 15.4. The van der Waals surface area contributed by atoms with E-state index in [2.05, 4.69) is 23.2 Å². The standard InChI is InChI=1S/C17H17N3OS/c18-10-11-20-16(21)14-7-4-8-15(14)19-17(20)22-12-9-13-5-2-1-3-6-13/h1-3,5-6H,4,7-9,11-12H2. The molecule has 4 nitrogen and oxygen atoms in total. The number of nitriles is 1. The Morgan fingerprint density at radius 1 is 1.27 bits per heavy atom. The summed E-state index contributed by atoms with van der Waals surface area (Å²) in [6.07, 6.45) is 3.58. The van der Waals surface area contributed by atoms with Crippen LogP contribution in [0.15, 0.2) is 40.3 Å².